The molecule has 1 saturated carbocycles. The predicted molar refractivity (Wildman–Crippen MR) is 84.7 cm³/mol. The summed E-state index contributed by atoms with van der Waals surface area (Å²) < 4.78 is 6.79. The summed E-state index contributed by atoms with van der Waals surface area (Å²) in [6.07, 6.45) is 3.81. The molecule has 8 heteroatoms. The van der Waals surface area contributed by atoms with E-state index in [1.165, 1.54) is 11.3 Å². The van der Waals surface area contributed by atoms with Crippen molar-refractivity contribution in [3.8, 4) is 0 Å². The van der Waals surface area contributed by atoms with Crippen LogP contribution in [0.5, 0.6) is 0 Å². The third-order valence-electron chi connectivity index (χ3n) is 3.96. The van der Waals surface area contributed by atoms with Crippen LogP contribution in [-0.4, -0.2) is 16.2 Å². The van der Waals surface area contributed by atoms with E-state index >= 15 is 0 Å². The molecule has 0 aromatic carbocycles. The standard InChI is InChI=1S/C15H15N5O2S/c1-7-5-10-12(16)13(23-15(10)17-8(7)2)14(21)18-11-6-20(19-22-11)9-3-4-9/h5-6,9H,3-4H2,1-2H3,(H2-,16,18,19,21). The number of aromatic nitrogens is 3. The Hall–Kier alpha value is -2.48. The minimum atomic E-state index is -0.431. The maximum atomic E-state index is 12.4. The predicted octanol–water partition coefficient (Wildman–Crippen LogP) is 1.54. The number of aryl methyl sites for hydroxylation is 2. The first-order chi connectivity index (χ1) is 11.0. The van der Waals surface area contributed by atoms with Crippen LogP contribution in [0.4, 0.5) is 11.6 Å². The Kier molecular flexibility index (Phi) is 3.08. The van der Waals surface area contributed by atoms with Crippen LogP contribution < -0.4 is 15.5 Å². The number of pyridine rings is 1. The Morgan fingerprint density at radius 3 is 3.00 bits per heavy atom. The molecule has 0 bridgehead atoms. The molecule has 0 aliphatic heterocycles. The van der Waals surface area contributed by atoms with Crippen molar-refractivity contribution in [3.05, 3.63) is 28.4 Å². The second-order valence-electron chi connectivity index (χ2n) is 5.76. The first-order valence-corrected chi connectivity index (χ1v) is 8.15. The van der Waals surface area contributed by atoms with Crippen LogP contribution >= 0.6 is 11.3 Å². The number of hydrogen-bond donors (Lipinski definition) is 1. The van der Waals surface area contributed by atoms with Crippen molar-refractivity contribution < 1.29 is 14.3 Å². The molecule has 0 saturated heterocycles. The van der Waals surface area contributed by atoms with E-state index in [1.54, 1.807) is 10.9 Å². The van der Waals surface area contributed by atoms with Gasteiger partial charge in [0.2, 0.25) is 5.27 Å². The minimum absolute atomic E-state index is 0.194. The maximum absolute atomic E-state index is 12.4. The third-order valence-corrected chi connectivity index (χ3v) is 5.07. The van der Waals surface area contributed by atoms with Crippen LogP contribution in [0, 0.1) is 13.8 Å². The normalized spacial score (nSPS) is 15.5. The maximum Gasteiger partial charge on any atom is 0.320 e. The molecule has 3 heterocycles. The number of nitrogens with zero attached hydrogens (tertiary/aromatic N) is 4. The summed E-state index contributed by atoms with van der Waals surface area (Å²) in [5, 5.41) is 17.1. The van der Waals surface area contributed by atoms with Crippen LogP contribution in [0.15, 0.2) is 21.8 Å². The number of anilines is 1. The van der Waals surface area contributed by atoms with Gasteiger partial charge < -0.3 is 10.8 Å². The number of hydrogen-bond acceptors (Lipinski definition) is 7. The zero-order chi connectivity index (χ0) is 16.1. The van der Waals surface area contributed by atoms with Crippen LogP contribution in [0.25, 0.3) is 10.2 Å². The van der Waals surface area contributed by atoms with Crippen molar-refractivity contribution >= 4 is 39.0 Å². The lowest BCUT2D eigenvalue weighted by Crippen LogP contribution is -2.32. The van der Waals surface area contributed by atoms with E-state index in [0.717, 1.165) is 34.3 Å². The Balaban J connectivity index is 1.74. The second-order valence-corrected chi connectivity index (χ2v) is 6.76. The smallest absolute Gasteiger partial charge is 0.320 e. The molecule has 3 aromatic heterocycles. The van der Waals surface area contributed by atoms with Gasteiger partial charge in [0.05, 0.1) is 10.6 Å². The van der Waals surface area contributed by atoms with Gasteiger partial charge in [0, 0.05) is 29.8 Å². The summed E-state index contributed by atoms with van der Waals surface area (Å²) in [6, 6.07) is 2.33. The van der Waals surface area contributed by atoms with Crippen LogP contribution in [-0.2, 0) is 0 Å². The number of nitrogens with two attached hydrogens (primary N) is 1. The van der Waals surface area contributed by atoms with Crippen molar-refractivity contribution in [2.45, 2.75) is 32.7 Å². The molecule has 2 N–H and O–H groups in total. The van der Waals surface area contributed by atoms with Gasteiger partial charge in [-0.3, -0.25) is 4.52 Å². The fourth-order valence-corrected chi connectivity index (χ4v) is 3.36. The highest BCUT2D eigenvalue weighted by molar-refractivity contribution is 7.21. The van der Waals surface area contributed by atoms with Crippen molar-refractivity contribution in [2.75, 3.05) is 5.73 Å². The van der Waals surface area contributed by atoms with Crippen LogP contribution in [0.2, 0.25) is 0 Å². The molecule has 23 heavy (non-hydrogen) atoms. The summed E-state index contributed by atoms with van der Waals surface area (Å²) in [7, 11) is 0. The highest BCUT2D eigenvalue weighted by atomic mass is 32.1. The first kappa shape index (κ1) is 14.1. The topological polar surface area (TPSA) is 104 Å². The van der Waals surface area contributed by atoms with Crippen molar-refractivity contribution in [2.24, 2.45) is 4.99 Å². The number of nitrogen functional groups attached to an aromatic ring is 1. The SMILES string of the molecule is Cc1cc2c(N)c(/C([O-])=N/c3c[n+](C4CC4)no3)sc2nc1C. The number of rotatable bonds is 3. The summed E-state index contributed by atoms with van der Waals surface area (Å²) in [5.41, 5.74) is 8.50. The van der Waals surface area contributed by atoms with E-state index in [4.69, 9.17) is 10.3 Å². The van der Waals surface area contributed by atoms with Gasteiger partial charge in [-0.1, -0.05) is 0 Å². The lowest BCUT2D eigenvalue weighted by molar-refractivity contribution is -0.765. The zero-order valence-electron chi connectivity index (χ0n) is 12.7. The Morgan fingerprint density at radius 1 is 1.48 bits per heavy atom. The molecule has 0 unspecified atom stereocenters. The highest BCUT2D eigenvalue weighted by Crippen LogP contribution is 2.34. The lowest BCUT2D eigenvalue weighted by Gasteiger charge is -2.06. The summed E-state index contributed by atoms with van der Waals surface area (Å²) in [6.45, 7) is 3.90. The quantitative estimate of drug-likeness (QED) is 0.446. The second kappa shape index (κ2) is 5.02. The Morgan fingerprint density at radius 2 is 2.26 bits per heavy atom. The molecule has 0 spiro atoms. The average Bonchev–Trinajstić information content (AvgIpc) is 3.19. The monoisotopic (exact) mass is 329 g/mol. The van der Waals surface area contributed by atoms with Gasteiger partial charge >= 0.3 is 5.88 Å². The molecular weight excluding hydrogens is 314 g/mol. The fourth-order valence-electron chi connectivity index (χ4n) is 2.35. The number of fused-ring (bicyclic) bond motifs is 1. The number of thiophene rings is 1. The molecule has 3 aromatic rings. The van der Waals surface area contributed by atoms with E-state index in [9.17, 15) is 5.11 Å². The van der Waals surface area contributed by atoms with Crippen molar-refractivity contribution in [1.82, 2.24) is 10.3 Å². The van der Waals surface area contributed by atoms with E-state index < -0.39 is 5.90 Å². The molecule has 7 nitrogen and oxygen atoms in total. The Bertz CT molecular complexity index is 939. The van der Waals surface area contributed by atoms with Gasteiger partial charge in [0.25, 0.3) is 6.20 Å². The molecule has 0 amide bonds. The van der Waals surface area contributed by atoms with Gasteiger partial charge in [0.15, 0.2) is 6.04 Å². The van der Waals surface area contributed by atoms with Gasteiger partial charge in [0.1, 0.15) is 4.83 Å². The summed E-state index contributed by atoms with van der Waals surface area (Å²) in [5.74, 6) is -0.237. The van der Waals surface area contributed by atoms with Crippen LogP contribution in [0.1, 0.15) is 35.0 Å². The van der Waals surface area contributed by atoms with E-state index in [0.29, 0.717) is 16.6 Å². The van der Waals surface area contributed by atoms with Crippen molar-refractivity contribution in [3.63, 3.8) is 0 Å². The molecular formula is C15H15N5O2S. The van der Waals surface area contributed by atoms with E-state index in [2.05, 4.69) is 15.2 Å². The zero-order valence-corrected chi connectivity index (χ0v) is 13.6. The first-order valence-electron chi connectivity index (χ1n) is 7.33. The lowest BCUT2D eigenvalue weighted by atomic mass is 10.2. The van der Waals surface area contributed by atoms with Gasteiger partial charge in [-0.25, -0.2) is 9.98 Å². The van der Waals surface area contributed by atoms with Gasteiger partial charge in [-0.15, -0.1) is 11.3 Å². The molecule has 1 aliphatic rings. The molecule has 0 atom stereocenters. The third kappa shape index (κ3) is 2.44. The average molecular weight is 329 g/mol. The molecule has 0 radical (unpaired) electrons. The summed E-state index contributed by atoms with van der Waals surface area (Å²) >= 11 is 1.25. The number of aliphatic imine (C=N–C) groups is 1. The summed E-state index contributed by atoms with van der Waals surface area (Å²) in [4.78, 5) is 9.59. The van der Waals surface area contributed by atoms with Gasteiger partial charge in [-0.05, 0) is 30.2 Å². The van der Waals surface area contributed by atoms with Crippen LogP contribution in [0.3, 0.4) is 0 Å². The fraction of sp³-hybridized carbons (Fsp3) is 0.333. The molecule has 4 rings (SSSR count). The minimum Gasteiger partial charge on any atom is -0.857 e. The molecule has 1 fully saturated rings. The van der Waals surface area contributed by atoms with Gasteiger partial charge in [-0.2, -0.15) is 0 Å². The highest BCUT2D eigenvalue weighted by Gasteiger charge is 2.35. The molecule has 118 valence electrons. The largest absolute Gasteiger partial charge is 0.857 e. The molecule has 1 aliphatic carbocycles. The van der Waals surface area contributed by atoms with Crippen molar-refractivity contribution in [1.29, 1.82) is 0 Å². The van der Waals surface area contributed by atoms with E-state index in [-0.39, 0.29) is 5.88 Å². The van der Waals surface area contributed by atoms with E-state index in [1.807, 2.05) is 19.9 Å². The Labute approximate surface area is 136 Å².